The van der Waals surface area contributed by atoms with Crippen LogP contribution in [-0.2, 0) is 5.75 Å². The number of thiazole rings is 1. The van der Waals surface area contributed by atoms with Crippen LogP contribution in [0.5, 0.6) is 0 Å². The van der Waals surface area contributed by atoms with E-state index in [0.29, 0.717) is 23.2 Å². The van der Waals surface area contributed by atoms with Crippen LogP contribution in [0.1, 0.15) is 24.6 Å². The lowest BCUT2D eigenvalue weighted by Crippen LogP contribution is -2.01. The van der Waals surface area contributed by atoms with Crippen LogP contribution in [0, 0.1) is 11.6 Å². The average molecular weight is 427 g/mol. The van der Waals surface area contributed by atoms with E-state index in [4.69, 9.17) is 0 Å². The van der Waals surface area contributed by atoms with E-state index < -0.39 is 0 Å². The highest BCUT2D eigenvalue weighted by molar-refractivity contribution is 7.98. The number of hydrogen-bond acceptors (Lipinski definition) is 5. The Morgan fingerprint density at radius 2 is 1.83 bits per heavy atom. The van der Waals surface area contributed by atoms with Crippen molar-refractivity contribution in [2.24, 2.45) is 0 Å². The maximum atomic E-state index is 14.3. The third-order valence-electron chi connectivity index (χ3n) is 4.68. The number of rotatable bonds is 6. The van der Waals surface area contributed by atoms with Gasteiger partial charge < -0.3 is 0 Å². The Kier molecular flexibility index (Phi) is 4.89. The molecule has 0 amide bonds. The van der Waals surface area contributed by atoms with Crippen molar-refractivity contribution in [1.82, 2.24) is 19.7 Å². The standard InChI is InChI=1S/C21H16F2N4S2/c22-14-7-5-13(6-8-14)20-24-15(11-28-20)12-29-21-26-25-19(27(21)16-9-10-16)17-3-1-2-4-18(17)23/h1-8,11,16H,9-10,12H2. The molecule has 0 bridgehead atoms. The summed E-state index contributed by atoms with van der Waals surface area (Å²) in [6.45, 7) is 0. The van der Waals surface area contributed by atoms with E-state index in [1.54, 1.807) is 36.0 Å². The van der Waals surface area contributed by atoms with E-state index in [-0.39, 0.29) is 11.6 Å². The molecule has 146 valence electrons. The Hall–Kier alpha value is -2.58. The van der Waals surface area contributed by atoms with Crippen LogP contribution in [0.15, 0.2) is 59.1 Å². The molecule has 1 aliphatic rings. The average Bonchev–Trinajstić information content (AvgIpc) is 3.31. The summed E-state index contributed by atoms with van der Waals surface area (Å²) in [5.74, 6) is 0.672. The molecular formula is C21H16F2N4S2. The normalized spacial score (nSPS) is 13.7. The molecule has 5 rings (SSSR count). The highest BCUT2D eigenvalue weighted by Crippen LogP contribution is 2.42. The first-order valence-electron chi connectivity index (χ1n) is 9.22. The summed E-state index contributed by atoms with van der Waals surface area (Å²) in [5, 5.41) is 12.2. The van der Waals surface area contributed by atoms with Crippen LogP contribution >= 0.6 is 23.1 Å². The van der Waals surface area contributed by atoms with E-state index in [9.17, 15) is 8.78 Å². The zero-order valence-corrected chi connectivity index (χ0v) is 16.9. The van der Waals surface area contributed by atoms with Gasteiger partial charge in [-0.15, -0.1) is 21.5 Å². The molecule has 0 N–H and O–H groups in total. The van der Waals surface area contributed by atoms with Crippen molar-refractivity contribution in [2.45, 2.75) is 29.8 Å². The van der Waals surface area contributed by atoms with Gasteiger partial charge in [0.2, 0.25) is 0 Å². The van der Waals surface area contributed by atoms with Gasteiger partial charge in [-0.05, 0) is 49.2 Å². The van der Waals surface area contributed by atoms with Crippen molar-refractivity contribution >= 4 is 23.1 Å². The molecule has 0 saturated heterocycles. The van der Waals surface area contributed by atoms with E-state index in [1.807, 2.05) is 11.4 Å². The molecule has 0 atom stereocenters. The first-order chi connectivity index (χ1) is 14.2. The summed E-state index contributed by atoms with van der Waals surface area (Å²) in [6.07, 6.45) is 2.11. The van der Waals surface area contributed by atoms with Crippen molar-refractivity contribution in [3.63, 3.8) is 0 Å². The summed E-state index contributed by atoms with van der Waals surface area (Å²) in [4.78, 5) is 4.65. The quantitative estimate of drug-likeness (QED) is 0.356. The molecule has 0 aliphatic heterocycles. The number of hydrogen-bond donors (Lipinski definition) is 0. The Labute approximate surface area is 174 Å². The van der Waals surface area contributed by atoms with Gasteiger partial charge >= 0.3 is 0 Å². The van der Waals surface area contributed by atoms with Gasteiger partial charge in [-0.2, -0.15) is 0 Å². The van der Waals surface area contributed by atoms with E-state index >= 15 is 0 Å². The molecule has 2 heterocycles. The Morgan fingerprint density at radius 1 is 1.03 bits per heavy atom. The van der Waals surface area contributed by atoms with Gasteiger partial charge in [-0.3, -0.25) is 4.57 Å². The lowest BCUT2D eigenvalue weighted by atomic mass is 10.2. The molecule has 29 heavy (non-hydrogen) atoms. The van der Waals surface area contributed by atoms with Gasteiger partial charge in [-0.25, -0.2) is 13.8 Å². The summed E-state index contributed by atoms with van der Waals surface area (Å²) < 4.78 is 29.4. The molecule has 0 radical (unpaired) electrons. The number of nitrogens with zero attached hydrogens (tertiary/aromatic N) is 4. The summed E-state index contributed by atoms with van der Waals surface area (Å²) in [7, 11) is 0. The predicted molar refractivity (Wildman–Crippen MR) is 111 cm³/mol. The zero-order chi connectivity index (χ0) is 19.8. The highest BCUT2D eigenvalue weighted by atomic mass is 32.2. The Balaban J connectivity index is 1.37. The lowest BCUT2D eigenvalue weighted by Gasteiger charge is -2.09. The van der Waals surface area contributed by atoms with Crippen molar-refractivity contribution in [2.75, 3.05) is 0 Å². The fourth-order valence-corrected chi connectivity index (χ4v) is 4.93. The van der Waals surface area contributed by atoms with Crippen LogP contribution in [-0.4, -0.2) is 19.7 Å². The summed E-state index contributed by atoms with van der Waals surface area (Å²) in [5.41, 5.74) is 2.30. The minimum atomic E-state index is -0.290. The molecule has 0 spiro atoms. The smallest absolute Gasteiger partial charge is 0.192 e. The zero-order valence-electron chi connectivity index (χ0n) is 15.3. The van der Waals surface area contributed by atoms with E-state index in [0.717, 1.165) is 34.3 Å². The first-order valence-corrected chi connectivity index (χ1v) is 11.1. The maximum Gasteiger partial charge on any atom is 0.192 e. The molecule has 1 aliphatic carbocycles. The first kappa shape index (κ1) is 18.4. The SMILES string of the molecule is Fc1ccc(-c2nc(CSc3nnc(-c4ccccc4F)n3C3CC3)cs2)cc1. The van der Waals surface area contributed by atoms with Crippen molar-refractivity contribution < 1.29 is 8.78 Å². The maximum absolute atomic E-state index is 14.3. The minimum absolute atomic E-state index is 0.258. The monoisotopic (exact) mass is 426 g/mol. The fraction of sp³-hybridized carbons (Fsp3) is 0.190. The molecular weight excluding hydrogens is 410 g/mol. The minimum Gasteiger partial charge on any atom is -0.299 e. The van der Waals surface area contributed by atoms with Gasteiger partial charge in [0.25, 0.3) is 0 Å². The predicted octanol–water partition coefficient (Wildman–Crippen LogP) is 5.97. The summed E-state index contributed by atoms with van der Waals surface area (Å²) >= 11 is 3.08. The highest BCUT2D eigenvalue weighted by Gasteiger charge is 2.31. The third-order valence-corrected chi connectivity index (χ3v) is 6.60. The van der Waals surface area contributed by atoms with E-state index in [2.05, 4.69) is 19.7 Å². The number of aromatic nitrogens is 4. The summed E-state index contributed by atoms with van der Waals surface area (Å²) in [6, 6.07) is 13.3. The van der Waals surface area contributed by atoms with Crippen molar-refractivity contribution in [1.29, 1.82) is 0 Å². The topological polar surface area (TPSA) is 43.6 Å². The Morgan fingerprint density at radius 3 is 2.59 bits per heavy atom. The fourth-order valence-electron chi connectivity index (χ4n) is 3.10. The molecule has 1 fully saturated rings. The number of thioether (sulfide) groups is 1. The molecule has 2 aromatic carbocycles. The van der Waals surface area contributed by atoms with Crippen LogP contribution in [0.25, 0.3) is 22.0 Å². The molecule has 4 aromatic rings. The van der Waals surface area contributed by atoms with Crippen LogP contribution in [0.3, 0.4) is 0 Å². The molecule has 0 unspecified atom stereocenters. The second-order valence-corrected chi connectivity index (χ2v) is 8.63. The number of benzene rings is 2. The number of halogens is 2. The Bertz CT molecular complexity index is 1150. The lowest BCUT2D eigenvalue weighted by molar-refractivity contribution is 0.622. The van der Waals surface area contributed by atoms with Crippen LogP contribution < -0.4 is 0 Å². The second kappa shape index (κ2) is 7.68. The van der Waals surface area contributed by atoms with Gasteiger partial charge in [0, 0.05) is 22.7 Å². The van der Waals surface area contributed by atoms with Gasteiger partial charge in [0.15, 0.2) is 11.0 Å². The second-order valence-electron chi connectivity index (χ2n) is 6.83. The van der Waals surface area contributed by atoms with E-state index in [1.165, 1.54) is 29.5 Å². The third kappa shape index (κ3) is 3.82. The van der Waals surface area contributed by atoms with Crippen LogP contribution in [0.2, 0.25) is 0 Å². The van der Waals surface area contributed by atoms with Gasteiger partial charge in [0.05, 0.1) is 11.3 Å². The van der Waals surface area contributed by atoms with Crippen molar-refractivity contribution in [3.05, 3.63) is 71.2 Å². The molecule has 8 heteroatoms. The van der Waals surface area contributed by atoms with Crippen molar-refractivity contribution in [3.8, 4) is 22.0 Å². The molecule has 1 saturated carbocycles. The van der Waals surface area contributed by atoms with Crippen LogP contribution in [0.4, 0.5) is 8.78 Å². The van der Waals surface area contributed by atoms with Gasteiger partial charge in [0.1, 0.15) is 16.6 Å². The largest absolute Gasteiger partial charge is 0.299 e. The molecule has 2 aromatic heterocycles. The molecule has 4 nitrogen and oxygen atoms in total. The van der Waals surface area contributed by atoms with Gasteiger partial charge in [-0.1, -0.05) is 23.9 Å².